The smallest absolute Gasteiger partial charge is 0.256 e. The van der Waals surface area contributed by atoms with E-state index in [1.807, 2.05) is 27.7 Å². The largest absolute Gasteiger partial charge is 0.491 e. The number of carbonyl (C=O) groups excluding carboxylic acids is 1. The number of anilines is 1. The molecule has 26 heavy (non-hydrogen) atoms. The Morgan fingerprint density at radius 2 is 2.00 bits per heavy atom. The molecule has 0 bridgehead atoms. The lowest BCUT2D eigenvalue weighted by Crippen LogP contribution is -2.44. The SMILES string of the molecule is CCCOC(C)(CC(C)C)C(=O)Nc1ccc(OC(C)CC)cc1C#N. The van der Waals surface area contributed by atoms with Gasteiger partial charge in [-0.25, -0.2) is 0 Å². The standard InChI is InChI=1S/C21H32N2O3/c1-7-11-25-21(6,13-15(3)4)20(24)23-19-10-9-18(12-17(19)14-22)26-16(5)8-2/h9-10,12,15-16H,7-8,11,13H2,1-6H3,(H,23,24). The monoisotopic (exact) mass is 360 g/mol. The maximum atomic E-state index is 12.9. The molecule has 0 heterocycles. The van der Waals surface area contributed by atoms with E-state index in [0.29, 0.717) is 35.9 Å². The van der Waals surface area contributed by atoms with E-state index < -0.39 is 5.60 Å². The van der Waals surface area contributed by atoms with Crippen molar-refractivity contribution in [1.29, 1.82) is 5.26 Å². The molecule has 1 aromatic rings. The van der Waals surface area contributed by atoms with Crippen molar-refractivity contribution in [3.05, 3.63) is 23.8 Å². The third-order valence-electron chi connectivity index (χ3n) is 4.17. The number of hydrogen-bond donors (Lipinski definition) is 1. The molecular weight excluding hydrogens is 328 g/mol. The highest BCUT2D eigenvalue weighted by molar-refractivity contribution is 5.98. The van der Waals surface area contributed by atoms with Gasteiger partial charge < -0.3 is 14.8 Å². The minimum absolute atomic E-state index is 0.0683. The molecule has 0 aromatic heterocycles. The van der Waals surface area contributed by atoms with E-state index in [2.05, 4.69) is 25.2 Å². The molecule has 1 rings (SSSR count). The Kier molecular flexibility index (Phi) is 8.60. The van der Waals surface area contributed by atoms with Crippen molar-refractivity contribution in [2.45, 2.75) is 72.5 Å². The molecule has 2 unspecified atom stereocenters. The Labute approximate surface area is 157 Å². The normalized spacial score (nSPS) is 14.4. The van der Waals surface area contributed by atoms with Crippen LogP contribution in [0.1, 0.15) is 66.4 Å². The average Bonchev–Trinajstić information content (AvgIpc) is 2.60. The summed E-state index contributed by atoms with van der Waals surface area (Å²) < 4.78 is 11.6. The van der Waals surface area contributed by atoms with Crippen LogP contribution in [0, 0.1) is 17.2 Å². The number of hydrogen-bond acceptors (Lipinski definition) is 4. The Morgan fingerprint density at radius 1 is 1.31 bits per heavy atom. The van der Waals surface area contributed by atoms with Crippen LogP contribution in [-0.2, 0) is 9.53 Å². The zero-order chi connectivity index (χ0) is 19.7. The summed E-state index contributed by atoms with van der Waals surface area (Å²) in [6.45, 7) is 12.5. The quantitative estimate of drug-likeness (QED) is 0.644. The van der Waals surface area contributed by atoms with E-state index >= 15 is 0 Å². The fraction of sp³-hybridized carbons (Fsp3) is 0.619. The van der Waals surface area contributed by atoms with Crippen LogP contribution >= 0.6 is 0 Å². The third-order valence-corrected chi connectivity index (χ3v) is 4.17. The van der Waals surface area contributed by atoms with E-state index in [-0.39, 0.29) is 12.0 Å². The summed E-state index contributed by atoms with van der Waals surface area (Å²) in [5.74, 6) is 0.706. The van der Waals surface area contributed by atoms with Crippen LogP contribution < -0.4 is 10.1 Å². The molecule has 0 saturated carbocycles. The van der Waals surface area contributed by atoms with Crippen LogP contribution in [0.25, 0.3) is 0 Å². The highest BCUT2D eigenvalue weighted by Gasteiger charge is 2.35. The first kappa shape index (κ1) is 22.0. The summed E-state index contributed by atoms with van der Waals surface area (Å²) in [5, 5.41) is 12.3. The van der Waals surface area contributed by atoms with E-state index in [4.69, 9.17) is 9.47 Å². The first-order valence-corrected chi connectivity index (χ1v) is 9.41. The lowest BCUT2D eigenvalue weighted by atomic mass is 9.92. The second-order valence-corrected chi connectivity index (χ2v) is 7.29. The molecular formula is C21H32N2O3. The second-order valence-electron chi connectivity index (χ2n) is 7.29. The van der Waals surface area contributed by atoms with Gasteiger partial charge in [0.1, 0.15) is 17.4 Å². The number of ether oxygens (including phenoxy) is 2. The van der Waals surface area contributed by atoms with Crippen LogP contribution in [0.5, 0.6) is 5.75 Å². The van der Waals surface area contributed by atoms with Crippen LogP contribution in [0.4, 0.5) is 5.69 Å². The van der Waals surface area contributed by atoms with Crippen molar-refractivity contribution in [3.63, 3.8) is 0 Å². The van der Waals surface area contributed by atoms with E-state index in [9.17, 15) is 10.1 Å². The fourth-order valence-corrected chi connectivity index (χ4v) is 2.69. The van der Waals surface area contributed by atoms with Crippen molar-refractivity contribution in [2.75, 3.05) is 11.9 Å². The Bertz CT molecular complexity index is 637. The molecule has 2 atom stereocenters. The van der Waals surface area contributed by atoms with Gasteiger partial charge in [-0.05, 0) is 51.2 Å². The molecule has 1 N–H and O–H groups in total. The molecule has 0 spiro atoms. The molecule has 1 amide bonds. The highest BCUT2D eigenvalue weighted by Crippen LogP contribution is 2.27. The predicted octanol–water partition coefficient (Wildman–Crippen LogP) is 4.91. The zero-order valence-corrected chi connectivity index (χ0v) is 16.9. The van der Waals surface area contributed by atoms with Gasteiger partial charge in [0.15, 0.2) is 0 Å². The van der Waals surface area contributed by atoms with Crippen molar-refractivity contribution < 1.29 is 14.3 Å². The number of carbonyl (C=O) groups is 1. The molecule has 0 fully saturated rings. The molecule has 0 aliphatic rings. The van der Waals surface area contributed by atoms with E-state index in [0.717, 1.165) is 12.8 Å². The summed E-state index contributed by atoms with van der Waals surface area (Å²) in [6, 6.07) is 7.28. The molecule has 144 valence electrons. The molecule has 0 aliphatic carbocycles. The number of nitriles is 1. The average molecular weight is 360 g/mol. The molecule has 1 aromatic carbocycles. The molecule has 0 saturated heterocycles. The molecule has 5 nitrogen and oxygen atoms in total. The lowest BCUT2D eigenvalue weighted by Gasteiger charge is -2.30. The van der Waals surface area contributed by atoms with Gasteiger partial charge >= 0.3 is 0 Å². The van der Waals surface area contributed by atoms with Gasteiger partial charge in [-0.3, -0.25) is 4.79 Å². The van der Waals surface area contributed by atoms with Gasteiger partial charge in [0, 0.05) is 12.7 Å². The second kappa shape index (κ2) is 10.2. The van der Waals surface area contributed by atoms with Crippen molar-refractivity contribution in [2.24, 2.45) is 5.92 Å². The number of amides is 1. The topological polar surface area (TPSA) is 71.3 Å². The predicted molar refractivity (Wildman–Crippen MR) is 104 cm³/mol. The lowest BCUT2D eigenvalue weighted by molar-refractivity contribution is -0.141. The van der Waals surface area contributed by atoms with E-state index in [1.54, 1.807) is 18.2 Å². The first-order valence-electron chi connectivity index (χ1n) is 9.41. The first-order chi connectivity index (χ1) is 12.3. The maximum Gasteiger partial charge on any atom is 0.256 e. The molecule has 0 radical (unpaired) electrons. The minimum atomic E-state index is -0.928. The van der Waals surface area contributed by atoms with Crippen LogP contribution in [0.3, 0.4) is 0 Å². The number of benzene rings is 1. The van der Waals surface area contributed by atoms with Gasteiger partial charge in [0.05, 0.1) is 17.4 Å². The third kappa shape index (κ3) is 6.34. The van der Waals surface area contributed by atoms with Gasteiger partial charge in [0.25, 0.3) is 5.91 Å². The van der Waals surface area contributed by atoms with Crippen molar-refractivity contribution in [1.82, 2.24) is 0 Å². The van der Waals surface area contributed by atoms with Gasteiger partial charge in [-0.2, -0.15) is 5.26 Å². The van der Waals surface area contributed by atoms with Crippen molar-refractivity contribution >= 4 is 11.6 Å². The fourth-order valence-electron chi connectivity index (χ4n) is 2.69. The Hall–Kier alpha value is -2.06. The summed E-state index contributed by atoms with van der Waals surface area (Å²) >= 11 is 0. The summed E-state index contributed by atoms with van der Waals surface area (Å²) in [5.41, 5.74) is -0.0754. The van der Waals surface area contributed by atoms with Gasteiger partial charge in [-0.15, -0.1) is 0 Å². The van der Waals surface area contributed by atoms with Crippen LogP contribution in [0.15, 0.2) is 18.2 Å². The maximum absolute atomic E-state index is 12.9. The summed E-state index contributed by atoms with van der Waals surface area (Å²) in [6.07, 6.45) is 2.39. The minimum Gasteiger partial charge on any atom is -0.491 e. The van der Waals surface area contributed by atoms with Crippen LogP contribution in [0.2, 0.25) is 0 Å². The highest BCUT2D eigenvalue weighted by atomic mass is 16.5. The number of nitrogens with zero attached hydrogens (tertiary/aromatic N) is 1. The Morgan fingerprint density at radius 3 is 2.54 bits per heavy atom. The summed E-state index contributed by atoms with van der Waals surface area (Å²) in [4.78, 5) is 12.9. The summed E-state index contributed by atoms with van der Waals surface area (Å²) in [7, 11) is 0. The molecule has 5 heteroatoms. The zero-order valence-electron chi connectivity index (χ0n) is 16.9. The van der Waals surface area contributed by atoms with Crippen LogP contribution in [-0.4, -0.2) is 24.2 Å². The van der Waals surface area contributed by atoms with Crippen molar-refractivity contribution in [3.8, 4) is 11.8 Å². The Balaban J connectivity index is 3.00. The molecule has 0 aliphatic heterocycles. The van der Waals surface area contributed by atoms with Gasteiger partial charge in [-0.1, -0.05) is 27.7 Å². The number of rotatable bonds is 10. The number of nitrogens with one attached hydrogen (secondary N) is 1. The van der Waals surface area contributed by atoms with Gasteiger partial charge in [0.2, 0.25) is 0 Å². The van der Waals surface area contributed by atoms with E-state index in [1.165, 1.54) is 0 Å².